The Morgan fingerprint density at radius 2 is 2.00 bits per heavy atom. The average Bonchev–Trinajstić information content (AvgIpc) is 2.52. The molecule has 1 heterocycles. The van der Waals surface area contributed by atoms with Crippen molar-refractivity contribution in [3.63, 3.8) is 0 Å². The molecule has 1 aromatic carbocycles. The van der Waals surface area contributed by atoms with Crippen LogP contribution in [0.1, 0.15) is 18.4 Å². The minimum Gasteiger partial charge on any atom is -0.383 e. The monoisotopic (exact) mass is 291 g/mol. The normalized spacial score (nSPS) is 18.0. The van der Waals surface area contributed by atoms with E-state index in [4.69, 9.17) is 10.5 Å². The zero-order chi connectivity index (χ0) is 15.1. The number of nitrogens with zero attached hydrogens (tertiary/aromatic N) is 2. The summed E-state index contributed by atoms with van der Waals surface area (Å²) in [5, 5.41) is 0. The second-order valence-corrected chi connectivity index (χ2v) is 5.90. The average molecular weight is 291 g/mol. The fourth-order valence-corrected chi connectivity index (χ4v) is 3.09. The lowest BCUT2D eigenvalue weighted by Gasteiger charge is -2.40. The highest BCUT2D eigenvalue weighted by atomic mass is 16.5. The standard InChI is InChI=1S/C17H29N3O/c1-15-5-3-6-16(13-15)19-9-11-20(12-10-19)17(14-21-2)7-4-8-18/h3,5-6,13,17H,4,7-12,14,18H2,1-2H3. The van der Waals surface area contributed by atoms with Gasteiger partial charge in [-0.05, 0) is 44.0 Å². The first-order chi connectivity index (χ1) is 10.2. The van der Waals surface area contributed by atoms with Crippen molar-refractivity contribution in [2.24, 2.45) is 5.73 Å². The van der Waals surface area contributed by atoms with Gasteiger partial charge in [0.1, 0.15) is 0 Å². The number of rotatable bonds is 7. The van der Waals surface area contributed by atoms with E-state index >= 15 is 0 Å². The molecule has 1 saturated heterocycles. The summed E-state index contributed by atoms with van der Waals surface area (Å²) >= 11 is 0. The van der Waals surface area contributed by atoms with E-state index in [0.717, 1.165) is 52.2 Å². The SMILES string of the molecule is COCC(CCCN)N1CCN(c2cccc(C)c2)CC1. The van der Waals surface area contributed by atoms with E-state index in [2.05, 4.69) is 41.0 Å². The van der Waals surface area contributed by atoms with Crippen LogP contribution in [-0.4, -0.2) is 57.4 Å². The molecule has 118 valence electrons. The Labute approximate surface area is 128 Å². The fraction of sp³-hybridized carbons (Fsp3) is 0.647. The van der Waals surface area contributed by atoms with Gasteiger partial charge in [-0.15, -0.1) is 0 Å². The maximum Gasteiger partial charge on any atom is 0.0618 e. The van der Waals surface area contributed by atoms with Crippen LogP contribution in [0.5, 0.6) is 0 Å². The van der Waals surface area contributed by atoms with Crippen LogP contribution in [0.15, 0.2) is 24.3 Å². The summed E-state index contributed by atoms with van der Waals surface area (Å²) in [6.45, 7) is 8.12. The number of ether oxygens (including phenoxy) is 1. The molecule has 21 heavy (non-hydrogen) atoms. The van der Waals surface area contributed by atoms with Crippen LogP contribution in [0.2, 0.25) is 0 Å². The van der Waals surface area contributed by atoms with Gasteiger partial charge >= 0.3 is 0 Å². The van der Waals surface area contributed by atoms with Crippen LogP contribution >= 0.6 is 0 Å². The Bertz CT molecular complexity index is 416. The molecule has 0 spiro atoms. The summed E-state index contributed by atoms with van der Waals surface area (Å²) in [6, 6.07) is 9.30. The molecule has 0 saturated carbocycles. The molecule has 1 aliphatic rings. The molecule has 1 aromatic rings. The molecular formula is C17H29N3O. The molecule has 1 aliphatic heterocycles. The predicted molar refractivity (Wildman–Crippen MR) is 88.9 cm³/mol. The van der Waals surface area contributed by atoms with Gasteiger partial charge in [-0.25, -0.2) is 0 Å². The van der Waals surface area contributed by atoms with Crippen LogP contribution in [0.25, 0.3) is 0 Å². The molecule has 0 bridgehead atoms. The Morgan fingerprint density at radius 3 is 2.62 bits per heavy atom. The number of hydrogen-bond donors (Lipinski definition) is 1. The van der Waals surface area contributed by atoms with Crippen molar-refractivity contribution in [2.75, 3.05) is 51.3 Å². The third kappa shape index (κ3) is 4.70. The molecule has 0 amide bonds. The van der Waals surface area contributed by atoms with E-state index in [-0.39, 0.29) is 0 Å². The Balaban J connectivity index is 1.89. The molecular weight excluding hydrogens is 262 g/mol. The lowest BCUT2D eigenvalue weighted by molar-refractivity contribution is 0.0801. The fourth-order valence-electron chi connectivity index (χ4n) is 3.09. The van der Waals surface area contributed by atoms with Crippen molar-refractivity contribution in [1.29, 1.82) is 0 Å². The minimum atomic E-state index is 0.512. The molecule has 0 radical (unpaired) electrons. The molecule has 2 N–H and O–H groups in total. The quantitative estimate of drug-likeness (QED) is 0.833. The van der Waals surface area contributed by atoms with Gasteiger partial charge in [-0.3, -0.25) is 4.90 Å². The Kier molecular flexibility index (Phi) is 6.49. The second kappa shape index (κ2) is 8.37. The van der Waals surface area contributed by atoms with E-state index in [1.165, 1.54) is 11.3 Å². The van der Waals surface area contributed by atoms with Gasteiger partial charge < -0.3 is 15.4 Å². The van der Waals surface area contributed by atoms with Gasteiger partial charge in [0.2, 0.25) is 0 Å². The van der Waals surface area contributed by atoms with E-state index in [0.29, 0.717) is 6.04 Å². The summed E-state index contributed by atoms with van der Waals surface area (Å²) in [4.78, 5) is 5.04. The van der Waals surface area contributed by atoms with Crippen molar-refractivity contribution in [2.45, 2.75) is 25.8 Å². The van der Waals surface area contributed by atoms with Gasteiger partial charge in [0.05, 0.1) is 6.61 Å². The summed E-state index contributed by atoms with van der Waals surface area (Å²) in [6.07, 6.45) is 2.21. The lowest BCUT2D eigenvalue weighted by Crippen LogP contribution is -2.51. The zero-order valence-electron chi connectivity index (χ0n) is 13.4. The van der Waals surface area contributed by atoms with Crippen LogP contribution in [0, 0.1) is 6.92 Å². The van der Waals surface area contributed by atoms with Crippen LogP contribution in [0.4, 0.5) is 5.69 Å². The number of anilines is 1. The number of aryl methyl sites for hydroxylation is 1. The molecule has 0 aliphatic carbocycles. The maximum atomic E-state index is 5.65. The number of methoxy groups -OCH3 is 1. The Morgan fingerprint density at radius 1 is 1.24 bits per heavy atom. The largest absolute Gasteiger partial charge is 0.383 e. The summed E-state index contributed by atoms with van der Waals surface area (Å²) in [5.74, 6) is 0. The third-order valence-electron chi connectivity index (χ3n) is 4.30. The van der Waals surface area contributed by atoms with Crippen molar-refractivity contribution < 1.29 is 4.74 Å². The van der Waals surface area contributed by atoms with Gasteiger partial charge in [0.15, 0.2) is 0 Å². The first-order valence-corrected chi connectivity index (χ1v) is 7.99. The number of nitrogens with two attached hydrogens (primary N) is 1. The predicted octanol–water partition coefficient (Wildman–Crippen LogP) is 1.87. The molecule has 4 heteroatoms. The van der Waals surface area contributed by atoms with E-state index in [1.807, 2.05) is 0 Å². The molecule has 1 fully saturated rings. The van der Waals surface area contributed by atoms with Gasteiger partial charge in [0, 0.05) is 45.0 Å². The van der Waals surface area contributed by atoms with Crippen molar-refractivity contribution in [3.8, 4) is 0 Å². The van der Waals surface area contributed by atoms with Crippen LogP contribution in [-0.2, 0) is 4.74 Å². The van der Waals surface area contributed by atoms with Crippen LogP contribution < -0.4 is 10.6 Å². The highest BCUT2D eigenvalue weighted by Gasteiger charge is 2.23. The third-order valence-corrected chi connectivity index (χ3v) is 4.30. The smallest absolute Gasteiger partial charge is 0.0618 e. The number of benzene rings is 1. The van der Waals surface area contributed by atoms with Gasteiger partial charge in [-0.2, -0.15) is 0 Å². The first-order valence-electron chi connectivity index (χ1n) is 7.99. The molecule has 1 atom stereocenters. The molecule has 1 unspecified atom stereocenters. The lowest BCUT2D eigenvalue weighted by atomic mass is 10.1. The van der Waals surface area contributed by atoms with Crippen LogP contribution in [0.3, 0.4) is 0 Å². The highest BCUT2D eigenvalue weighted by molar-refractivity contribution is 5.48. The topological polar surface area (TPSA) is 41.7 Å². The molecule has 4 nitrogen and oxygen atoms in total. The molecule has 2 rings (SSSR count). The highest BCUT2D eigenvalue weighted by Crippen LogP contribution is 2.19. The maximum absolute atomic E-state index is 5.65. The summed E-state index contributed by atoms with van der Waals surface area (Å²) < 4.78 is 5.39. The van der Waals surface area contributed by atoms with Crippen molar-refractivity contribution >= 4 is 5.69 Å². The first kappa shape index (κ1) is 16.3. The van der Waals surface area contributed by atoms with E-state index in [1.54, 1.807) is 7.11 Å². The number of piperazine rings is 1. The van der Waals surface area contributed by atoms with E-state index in [9.17, 15) is 0 Å². The second-order valence-electron chi connectivity index (χ2n) is 5.90. The Hall–Kier alpha value is -1.10. The van der Waals surface area contributed by atoms with Crippen molar-refractivity contribution in [3.05, 3.63) is 29.8 Å². The van der Waals surface area contributed by atoms with Gasteiger partial charge in [-0.1, -0.05) is 12.1 Å². The number of hydrogen-bond acceptors (Lipinski definition) is 4. The molecule has 0 aromatic heterocycles. The van der Waals surface area contributed by atoms with E-state index < -0.39 is 0 Å². The minimum absolute atomic E-state index is 0.512. The zero-order valence-corrected chi connectivity index (χ0v) is 13.4. The van der Waals surface area contributed by atoms with Gasteiger partial charge in [0.25, 0.3) is 0 Å². The summed E-state index contributed by atoms with van der Waals surface area (Å²) in [7, 11) is 1.79. The summed E-state index contributed by atoms with van der Waals surface area (Å²) in [5.41, 5.74) is 8.32. The van der Waals surface area contributed by atoms with Crippen molar-refractivity contribution in [1.82, 2.24) is 4.90 Å².